The van der Waals surface area contributed by atoms with E-state index in [2.05, 4.69) is 27.9 Å². The van der Waals surface area contributed by atoms with Crippen LogP contribution in [0.15, 0.2) is 67.4 Å². The van der Waals surface area contributed by atoms with Crippen LogP contribution in [0.5, 0.6) is 0 Å². The third-order valence-electron chi connectivity index (χ3n) is 4.16. The first-order chi connectivity index (χ1) is 15.1. The number of hydrogen-bond donors (Lipinski definition) is 4. The molecule has 0 saturated carbocycles. The van der Waals surface area contributed by atoms with Gasteiger partial charge in [0.25, 0.3) is 15.6 Å². The van der Waals surface area contributed by atoms with Gasteiger partial charge in [0, 0.05) is 4.90 Å². The molecule has 0 aliphatic heterocycles. The first-order valence-electron chi connectivity index (χ1n) is 8.68. The highest BCUT2D eigenvalue weighted by Gasteiger charge is 2.20. The molecular weight excluding hydrogens is 498 g/mol. The van der Waals surface area contributed by atoms with Crippen molar-refractivity contribution in [1.82, 2.24) is 19.3 Å². The van der Waals surface area contributed by atoms with E-state index >= 15 is 0 Å². The van der Waals surface area contributed by atoms with Gasteiger partial charge in [0.1, 0.15) is 10.0 Å². The van der Waals surface area contributed by atoms with E-state index in [1.807, 2.05) is 4.72 Å². The van der Waals surface area contributed by atoms with Crippen LogP contribution in [0.1, 0.15) is 0 Å². The van der Waals surface area contributed by atoms with E-state index in [1.54, 1.807) is 12.1 Å². The van der Waals surface area contributed by atoms with Gasteiger partial charge in [0.05, 0.1) is 27.1 Å². The predicted octanol–water partition coefficient (Wildman–Crippen LogP) is 2.59. The van der Waals surface area contributed by atoms with Crippen LogP contribution in [0.25, 0.3) is 16.7 Å². The maximum atomic E-state index is 12.8. The van der Waals surface area contributed by atoms with Crippen molar-refractivity contribution in [2.45, 2.75) is 9.10 Å². The fraction of sp³-hybridized carbons (Fsp3) is 0. The highest BCUT2D eigenvalue weighted by Crippen LogP contribution is 2.25. The number of urea groups is 1. The topological polar surface area (TPSA) is 143 Å². The van der Waals surface area contributed by atoms with Crippen LogP contribution in [0.3, 0.4) is 0 Å². The number of sulfonamides is 1. The molecule has 3 heterocycles. The van der Waals surface area contributed by atoms with Gasteiger partial charge in [-0.05, 0) is 42.5 Å². The molecule has 0 unspecified atom stereocenters. The van der Waals surface area contributed by atoms with Crippen molar-refractivity contribution in [3.05, 3.63) is 73.8 Å². The number of nitrogens with one attached hydrogen (secondary N) is 3. The summed E-state index contributed by atoms with van der Waals surface area (Å²) in [7, 11) is -4.09. The lowest BCUT2D eigenvalue weighted by Gasteiger charge is -2.09. The first kappa shape index (κ1) is 22.1. The van der Waals surface area contributed by atoms with Crippen LogP contribution in [0.2, 0.25) is 4.34 Å². The number of pyridine rings is 1. The lowest BCUT2D eigenvalue weighted by Crippen LogP contribution is -2.35. The molecule has 2 amide bonds. The van der Waals surface area contributed by atoms with Crippen molar-refractivity contribution in [1.29, 1.82) is 0 Å². The number of rotatable bonds is 4. The summed E-state index contributed by atoms with van der Waals surface area (Å²) in [6.07, 6.45) is 1.18. The number of aromatic amines is 1. The number of hydrogen-bond acceptors (Lipinski definition) is 8. The lowest BCUT2D eigenvalue weighted by atomic mass is 10.2. The Labute approximate surface area is 194 Å². The number of carbonyl (C=O) groups is 1. The summed E-state index contributed by atoms with van der Waals surface area (Å²) in [5.74, 6) is 0.00882. The van der Waals surface area contributed by atoms with Gasteiger partial charge in [-0.1, -0.05) is 11.6 Å². The second-order valence-electron chi connectivity index (χ2n) is 6.32. The second-order valence-corrected chi connectivity index (χ2v) is 10.5. The normalized spacial score (nSPS) is 11.4. The molecule has 0 saturated heterocycles. The number of fused-ring (bicyclic) bond motifs is 1. The fourth-order valence-corrected chi connectivity index (χ4v) is 5.37. The van der Waals surface area contributed by atoms with E-state index < -0.39 is 27.3 Å². The Bertz CT molecular complexity index is 1580. The number of aromatic nitrogens is 3. The average molecular weight is 510 g/mol. The quantitative estimate of drug-likeness (QED) is 0.311. The Morgan fingerprint density at radius 2 is 1.94 bits per heavy atom. The molecule has 4 aromatic rings. The standard InChI is InChI=1S/C18H12ClN5O5S3/c19-13-4-6-15(31-13)32(28,29)23-17(26)21-9-1-5-14(20-8-9)24-16(25)11-7-10(30)2-3-12(11)22-18(24)27/h1-8,30H,(H,22,27)(H2,21,23,26). The molecule has 14 heteroatoms. The molecule has 0 spiro atoms. The monoisotopic (exact) mass is 509 g/mol. The Morgan fingerprint density at radius 3 is 2.59 bits per heavy atom. The molecule has 10 nitrogen and oxygen atoms in total. The third-order valence-corrected chi connectivity index (χ3v) is 7.49. The number of nitrogens with zero attached hydrogens (tertiary/aromatic N) is 2. The summed E-state index contributed by atoms with van der Waals surface area (Å²) >= 11 is 10.7. The number of carbonyl (C=O) groups excluding carboxylic acids is 1. The summed E-state index contributed by atoms with van der Waals surface area (Å²) in [6.45, 7) is 0. The highest BCUT2D eigenvalue weighted by atomic mass is 35.5. The second kappa shape index (κ2) is 8.43. The average Bonchev–Trinajstić information content (AvgIpc) is 3.17. The predicted molar refractivity (Wildman–Crippen MR) is 124 cm³/mol. The van der Waals surface area contributed by atoms with Crippen molar-refractivity contribution >= 4 is 68.2 Å². The third kappa shape index (κ3) is 4.41. The van der Waals surface area contributed by atoms with Crippen molar-refractivity contribution in [3.63, 3.8) is 0 Å². The minimum atomic E-state index is -4.09. The minimum absolute atomic E-state index is 0.00882. The number of thiol groups is 1. The number of anilines is 1. The summed E-state index contributed by atoms with van der Waals surface area (Å²) in [5, 5.41) is 2.57. The molecule has 3 N–H and O–H groups in total. The maximum Gasteiger partial charge on any atom is 0.334 e. The van der Waals surface area contributed by atoms with Crippen molar-refractivity contribution < 1.29 is 13.2 Å². The Hall–Kier alpha value is -3.13. The van der Waals surface area contributed by atoms with Crippen molar-refractivity contribution in [3.8, 4) is 5.82 Å². The number of halogens is 1. The molecule has 0 atom stereocenters. The van der Waals surface area contributed by atoms with Crippen LogP contribution >= 0.6 is 35.6 Å². The number of amides is 2. The van der Waals surface area contributed by atoms with Gasteiger partial charge in [0.2, 0.25) is 0 Å². The Kier molecular flexibility index (Phi) is 5.81. The summed E-state index contributed by atoms with van der Waals surface area (Å²) in [6, 6.07) is 9.08. The summed E-state index contributed by atoms with van der Waals surface area (Å²) < 4.78 is 27.2. The van der Waals surface area contributed by atoms with Gasteiger partial charge < -0.3 is 10.3 Å². The molecule has 4 rings (SSSR count). The molecule has 0 radical (unpaired) electrons. The fourth-order valence-electron chi connectivity index (χ4n) is 2.77. The van der Waals surface area contributed by atoms with Crippen molar-refractivity contribution in [2.75, 3.05) is 5.32 Å². The zero-order valence-corrected chi connectivity index (χ0v) is 19.0. The lowest BCUT2D eigenvalue weighted by molar-refractivity contribution is 0.256. The van der Waals surface area contributed by atoms with Gasteiger partial charge in [-0.25, -0.2) is 32.3 Å². The molecule has 0 bridgehead atoms. The number of thiophene rings is 1. The van der Waals surface area contributed by atoms with Crippen LogP contribution < -0.4 is 21.3 Å². The van der Waals surface area contributed by atoms with Gasteiger partial charge in [-0.2, -0.15) is 0 Å². The van der Waals surface area contributed by atoms with Crippen LogP contribution in [0, 0.1) is 0 Å². The van der Waals surface area contributed by atoms with Crippen molar-refractivity contribution in [2.24, 2.45) is 0 Å². The van der Waals surface area contributed by atoms with E-state index in [4.69, 9.17) is 11.6 Å². The summed E-state index contributed by atoms with van der Waals surface area (Å²) in [5.41, 5.74) is -0.793. The van der Waals surface area contributed by atoms with Gasteiger partial charge in [-0.3, -0.25) is 4.79 Å². The van der Waals surface area contributed by atoms with E-state index in [0.717, 1.165) is 15.9 Å². The first-order valence-corrected chi connectivity index (χ1v) is 11.8. The smallest absolute Gasteiger partial charge is 0.306 e. The van der Waals surface area contributed by atoms with Gasteiger partial charge in [0.15, 0.2) is 0 Å². The largest absolute Gasteiger partial charge is 0.334 e. The van der Waals surface area contributed by atoms with Crippen LogP contribution in [-0.2, 0) is 10.0 Å². The molecule has 164 valence electrons. The zero-order chi connectivity index (χ0) is 23.0. The van der Waals surface area contributed by atoms with Crippen LogP contribution in [0.4, 0.5) is 10.5 Å². The molecule has 32 heavy (non-hydrogen) atoms. The Morgan fingerprint density at radius 1 is 1.16 bits per heavy atom. The number of benzene rings is 1. The highest BCUT2D eigenvalue weighted by molar-refractivity contribution is 7.92. The zero-order valence-electron chi connectivity index (χ0n) is 15.7. The molecule has 0 aliphatic carbocycles. The molecule has 0 fully saturated rings. The molecule has 3 aromatic heterocycles. The van der Waals surface area contributed by atoms with E-state index in [0.29, 0.717) is 10.4 Å². The van der Waals surface area contributed by atoms with Gasteiger partial charge >= 0.3 is 11.7 Å². The van der Waals surface area contributed by atoms with E-state index in [-0.39, 0.29) is 25.4 Å². The minimum Gasteiger partial charge on any atom is -0.306 e. The summed E-state index contributed by atoms with van der Waals surface area (Å²) in [4.78, 5) is 44.4. The SMILES string of the molecule is O=C(Nc1ccc(-n2c(=O)[nH]c3ccc(S)cc3c2=O)nc1)NS(=O)(=O)c1ccc(Cl)s1. The van der Waals surface area contributed by atoms with Crippen LogP contribution in [-0.4, -0.2) is 29.0 Å². The molecule has 0 aliphatic rings. The Balaban J connectivity index is 1.57. The van der Waals surface area contributed by atoms with E-state index in [9.17, 15) is 22.8 Å². The maximum absolute atomic E-state index is 12.8. The molecule has 1 aromatic carbocycles. The van der Waals surface area contributed by atoms with E-state index in [1.165, 1.54) is 36.5 Å². The number of H-pyrrole nitrogens is 1. The molecular formula is C18H12ClN5O5S3. The van der Waals surface area contributed by atoms with Gasteiger partial charge in [-0.15, -0.1) is 24.0 Å².